The molecule has 0 aliphatic rings. The van der Waals surface area contributed by atoms with Gasteiger partial charge in [-0.2, -0.15) is 5.10 Å². The van der Waals surface area contributed by atoms with E-state index in [1.165, 1.54) is 4.68 Å². The Hall–Kier alpha value is -3.18. The van der Waals surface area contributed by atoms with E-state index in [9.17, 15) is 9.90 Å². The molecule has 1 N–H and O–H groups in total. The van der Waals surface area contributed by atoms with E-state index in [0.29, 0.717) is 27.3 Å². The molecule has 2 aromatic carbocycles. The molecule has 2 heterocycles. The summed E-state index contributed by atoms with van der Waals surface area (Å²) >= 11 is 6.09. The lowest BCUT2D eigenvalue weighted by Gasteiger charge is -2.15. The van der Waals surface area contributed by atoms with Crippen LogP contribution < -0.4 is 0 Å². The van der Waals surface area contributed by atoms with E-state index in [1.54, 1.807) is 36.7 Å². The van der Waals surface area contributed by atoms with Crippen LogP contribution in [0.5, 0.6) is 0 Å². The van der Waals surface area contributed by atoms with E-state index in [1.807, 2.05) is 30.3 Å². The smallest absolute Gasteiger partial charge is 0.338 e. The number of pyridine rings is 1. The van der Waals surface area contributed by atoms with Gasteiger partial charge in [0.1, 0.15) is 5.69 Å². The van der Waals surface area contributed by atoms with Crippen LogP contribution in [0.1, 0.15) is 10.4 Å². The van der Waals surface area contributed by atoms with Crippen LogP contribution in [0, 0.1) is 0 Å². The Labute approximate surface area is 148 Å². The molecule has 2 aromatic heterocycles. The summed E-state index contributed by atoms with van der Waals surface area (Å²) in [6.07, 6.45) is 3.30. The third-order valence-electron chi connectivity index (χ3n) is 3.92. The Morgan fingerprint density at radius 3 is 2.56 bits per heavy atom. The zero-order valence-corrected chi connectivity index (χ0v) is 13.7. The normalized spacial score (nSPS) is 10.9. The van der Waals surface area contributed by atoms with Gasteiger partial charge in [-0.15, -0.1) is 0 Å². The molecule has 0 spiro atoms. The third-order valence-corrected chi connectivity index (χ3v) is 4.15. The number of carboxylic acids is 1. The van der Waals surface area contributed by atoms with Crippen LogP contribution in [0.15, 0.2) is 67.0 Å². The first kappa shape index (κ1) is 15.4. The van der Waals surface area contributed by atoms with Gasteiger partial charge in [0.2, 0.25) is 0 Å². The third kappa shape index (κ3) is 2.64. The van der Waals surface area contributed by atoms with Crippen molar-refractivity contribution in [2.24, 2.45) is 0 Å². The summed E-state index contributed by atoms with van der Waals surface area (Å²) in [5.41, 5.74) is 2.47. The van der Waals surface area contributed by atoms with Crippen molar-refractivity contribution in [3.8, 4) is 16.9 Å². The summed E-state index contributed by atoms with van der Waals surface area (Å²) in [4.78, 5) is 16.8. The summed E-state index contributed by atoms with van der Waals surface area (Å²) < 4.78 is 1.53. The number of carbonyl (C=O) groups is 1. The van der Waals surface area contributed by atoms with Gasteiger partial charge in [0.15, 0.2) is 0 Å². The lowest BCUT2D eigenvalue weighted by atomic mass is 10.0. The molecule has 5 nitrogen and oxygen atoms in total. The molecule has 4 aromatic rings. The lowest BCUT2D eigenvalue weighted by molar-refractivity contribution is 0.0699. The van der Waals surface area contributed by atoms with Crippen LogP contribution in [0.3, 0.4) is 0 Å². The van der Waals surface area contributed by atoms with E-state index >= 15 is 0 Å². The fourth-order valence-electron chi connectivity index (χ4n) is 2.86. The van der Waals surface area contributed by atoms with Crippen LogP contribution in [0.4, 0.5) is 0 Å². The first-order valence-corrected chi connectivity index (χ1v) is 7.95. The standard InChI is InChI=1S/C19H12ClN3O2/c20-13-7-8-15-14(11-13)16(19(24)25)18(23-10-4-9-21-23)17(22-15)12-5-2-1-3-6-12/h1-11H,(H,24,25). The van der Waals surface area contributed by atoms with Gasteiger partial charge in [0, 0.05) is 28.4 Å². The van der Waals surface area contributed by atoms with Gasteiger partial charge in [0.05, 0.1) is 16.8 Å². The van der Waals surface area contributed by atoms with Crippen molar-refractivity contribution in [1.82, 2.24) is 14.8 Å². The molecule has 25 heavy (non-hydrogen) atoms. The molecular weight excluding hydrogens is 338 g/mol. The lowest BCUT2D eigenvalue weighted by Crippen LogP contribution is -2.10. The van der Waals surface area contributed by atoms with Crippen molar-refractivity contribution < 1.29 is 9.90 Å². The number of fused-ring (bicyclic) bond motifs is 1. The Balaban J connectivity index is 2.19. The van der Waals surface area contributed by atoms with Crippen LogP contribution in [-0.4, -0.2) is 25.8 Å². The van der Waals surface area contributed by atoms with Crippen LogP contribution in [0.25, 0.3) is 27.8 Å². The summed E-state index contributed by atoms with van der Waals surface area (Å²) in [5, 5.41) is 15.1. The number of rotatable bonds is 3. The molecule has 6 heteroatoms. The first-order valence-electron chi connectivity index (χ1n) is 7.57. The molecule has 0 fully saturated rings. The highest BCUT2D eigenvalue weighted by molar-refractivity contribution is 6.31. The molecule has 0 unspecified atom stereocenters. The number of hydrogen-bond acceptors (Lipinski definition) is 3. The SMILES string of the molecule is O=C(O)c1c(-n2cccn2)c(-c2ccccc2)nc2ccc(Cl)cc12. The van der Waals surface area contributed by atoms with Crippen molar-refractivity contribution in [3.05, 3.63) is 77.6 Å². The fraction of sp³-hybridized carbons (Fsp3) is 0. The number of carboxylic acid groups (broad SMARTS) is 1. The van der Waals surface area contributed by atoms with E-state index in [-0.39, 0.29) is 5.56 Å². The second kappa shape index (κ2) is 6.03. The van der Waals surface area contributed by atoms with Crippen molar-refractivity contribution in [3.63, 3.8) is 0 Å². The monoisotopic (exact) mass is 349 g/mol. The average molecular weight is 350 g/mol. The summed E-state index contributed by atoms with van der Waals surface area (Å²) in [6, 6.07) is 16.2. The van der Waals surface area contributed by atoms with Crippen molar-refractivity contribution >= 4 is 28.5 Å². The first-order chi connectivity index (χ1) is 12.1. The minimum absolute atomic E-state index is 0.120. The number of aromatic carboxylic acids is 1. The van der Waals surface area contributed by atoms with Gasteiger partial charge in [-0.1, -0.05) is 41.9 Å². The maximum absolute atomic E-state index is 12.1. The largest absolute Gasteiger partial charge is 0.478 e. The molecule has 0 bridgehead atoms. The van der Waals surface area contributed by atoms with E-state index in [4.69, 9.17) is 16.6 Å². The number of nitrogens with zero attached hydrogens (tertiary/aromatic N) is 3. The Morgan fingerprint density at radius 2 is 1.88 bits per heavy atom. The van der Waals surface area contributed by atoms with Gasteiger partial charge in [-0.3, -0.25) is 0 Å². The number of halogens is 1. The molecule has 0 amide bonds. The van der Waals surface area contributed by atoms with Crippen LogP contribution in [0.2, 0.25) is 5.02 Å². The molecule has 0 saturated heterocycles. The molecule has 0 radical (unpaired) electrons. The minimum atomic E-state index is -1.06. The van der Waals surface area contributed by atoms with Gasteiger partial charge in [0.25, 0.3) is 0 Å². The summed E-state index contributed by atoms with van der Waals surface area (Å²) in [7, 11) is 0. The predicted octanol–water partition coefficient (Wildman–Crippen LogP) is 4.44. The Morgan fingerprint density at radius 1 is 1.08 bits per heavy atom. The maximum Gasteiger partial charge on any atom is 0.338 e. The van der Waals surface area contributed by atoms with Crippen LogP contribution >= 0.6 is 11.6 Å². The molecular formula is C19H12ClN3O2. The molecule has 0 aliphatic carbocycles. The Kier molecular flexibility index (Phi) is 3.71. The topological polar surface area (TPSA) is 68.0 Å². The maximum atomic E-state index is 12.1. The number of hydrogen-bond donors (Lipinski definition) is 1. The van der Waals surface area contributed by atoms with E-state index < -0.39 is 5.97 Å². The van der Waals surface area contributed by atoms with E-state index in [2.05, 4.69) is 5.10 Å². The fourth-order valence-corrected chi connectivity index (χ4v) is 3.04. The zero-order valence-electron chi connectivity index (χ0n) is 12.9. The van der Waals surface area contributed by atoms with Crippen molar-refractivity contribution in [2.45, 2.75) is 0 Å². The molecule has 4 rings (SSSR count). The van der Waals surface area contributed by atoms with Crippen molar-refractivity contribution in [2.75, 3.05) is 0 Å². The second-order valence-electron chi connectivity index (χ2n) is 5.47. The minimum Gasteiger partial charge on any atom is -0.478 e. The highest BCUT2D eigenvalue weighted by Crippen LogP contribution is 2.33. The van der Waals surface area contributed by atoms with Gasteiger partial charge >= 0.3 is 5.97 Å². The van der Waals surface area contributed by atoms with Gasteiger partial charge < -0.3 is 5.11 Å². The Bertz CT molecular complexity index is 1080. The summed E-state index contributed by atoms with van der Waals surface area (Å²) in [5.74, 6) is -1.06. The quantitative estimate of drug-likeness (QED) is 0.593. The highest BCUT2D eigenvalue weighted by Gasteiger charge is 2.23. The van der Waals surface area contributed by atoms with Gasteiger partial charge in [-0.25, -0.2) is 14.5 Å². The highest BCUT2D eigenvalue weighted by atomic mass is 35.5. The molecule has 0 saturated carbocycles. The predicted molar refractivity (Wildman–Crippen MR) is 96.3 cm³/mol. The molecule has 0 atom stereocenters. The van der Waals surface area contributed by atoms with E-state index in [0.717, 1.165) is 5.56 Å². The summed E-state index contributed by atoms with van der Waals surface area (Å²) in [6.45, 7) is 0. The molecule has 122 valence electrons. The van der Waals surface area contributed by atoms with Crippen molar-refractivity contribution in [1.29, 1.82) is 0 Å². The number of benzene rings is 2. The number of aromatic nitrogens is 3. The van der Waals surface area contributed by atoms with Gasteiger partial charge in [-0.05, 0) is 24.3 Å². The average Bonchev–Trinajstić information content (AvgIpc) is 3.15. The molecule has 0 aliphatic heterocycles. The second-order valence-corrected chi connectivity index (χ2v) is 5.90. The van der Waals surface area contributed by atoms with Crippen LogP contribution in [-0.2, 0) is 0 Å². The zero-order chi connectivity index (χ0) is 17.4.